The third kappa shape index (κ3) is 4.07. The van der Waals surface area contributed by atoms with Crippen molar-refractivity contribution in [3.05, 3.63) is 35.6 Å². The van der Waals surface area contributed by atoms with Crippen molar-refractivity contribution in [2.75, 3.05) is 20.1 Å². The molecule has 2 N–H and O–H groups in total. The molecule has 1 saturated carbocycles. The molecule has 0 heterocycles. The highest BCUT2D eigenvalue weighted by Gasteiger charge is 2.45. The fraction of sp³-hybridized carbons (Fsp3) is 0.533. The van der Waals surface area contributed by atoms with E-state index in [4.69, 9.17) is 0 Å². The fourth-order valence-corrected chi connectivity index (χ4v) is 2.30. The lowest BCUT2D eigenvalue weighted by Gasteiger charge is -2.19. The van der Waals surface area contributed by atoms with E-state index in [1.807, 2.05) is 12.1 Å². The Hall–Kier alpha value is -0.850. The third-order valence-electron chi connectivity index (χ3n) is 3.66. The van der Waals surface area contributed by atoms with Crippen LogP contribution in [0.5, 0.6) is 0 Å². The number of rotatable bonds is 5. The van der Waals surface area contributed by atoms with E-state index >= 15 is 0 Å². The molecule has 5 heteroatoms. The summed E-state index contributed by atoms with van der Waals surface area (Å²) in [4.78, 5) is 4.17. The smallest absolute Gasteiger partial charge is 0.191 e. The minimum Gasteiger partial charge on any atom is -0.356 e. The summed E-state index contributed by atoms with van der Waals surface area (Å²) in [6, 6.07) is 7.08. The summed E-state index contributed by atoms with van der Waals surface area (Å²) in [5.74, 6) is 0.697. The van der Waals surface area contributed by atoms with Crippen LogP contribution in [0.3, 0.4) is 0 Å². The largest absolute Gasteiger partial charge is 0.356 e. The number of nitrogens with one attached hydrogen (secondary N) is 2. The van der Waals surface area contributed by atoms with E-state index in [-0.39, 0.29) is 35.2 Å². The molecule has 1 aliphatic rings. The van der Waals surface area contributed by atoms with Gasteiger partial charge in [0.05, 0.1) is 0 Å². The highest BCUT2D eigenvalue weighted by molar-refractivity contribution is 14.0. The molecule has 112 valence electrons. The van der Waals surface area contributed by atoms with Crippen LogP contribution in [0.4, 0.5) is 4.39 Å². The molecule has 0 radical (unpaired) electrons. The number of guanidine groups is 1. The van der Waals surface area contributed by atoms with Crippen LogP contribution in [-0.2, 0) is 5.41 Å². The molecular formula is C15H23FIN3. The van der Waals surface area contributed by atoms with Crippen molar-refractivity contribution in [1.82, 2.24) is 10.6 Å². The van der Waals surface area contributed by atoms with Crippen molar-refractivity contribution in [3.8, 4) is 0 Å². The van der Waals surface area contributed by atoms with Crippen molar-refractivity contribution >= 4 is 29.9 Å². The molecular weight excluding hydrogens is 368 g/mol. The Bertz CT molecular complexity index is 458. The third-order valence-corrected chi connectivity index (χ3v) is 3.66. The van der Waals surface area contributed by atoms with Gasteiger partial charge in [0.2, 0.25) is 0 Å². The number of halogens is 2. The van der Waals surface area contributed by atoms with E-state index in [2.05, 4.69) is 22.5 Å². The first-order valence-electron chi connectivity index (χ1n) is 6.91. The van der Waals surface area contributed by atoms with Crippen LogP contribution in [0.25, 0.3) is 0 Å². The van der Waals surface area contributed by atoms with E-state index in [1.165, 1.54) is 0 Å². The Morgan fingerprint density at radius 2 is 2.00 bits per heavy atom. The number of nitrogens with zero attached hydrogens (tertiary/aromatic N) is 1. The summed E-state index contributed by atoms with van der Waals surface area (Å²) in [5, 5.41) is 6.54. The standard InChI is InChI=1S/C15H22FN3.HI/c1-3-10-18-14(17-2)19-11-15(8-9-15)12-6-4-5-7-13(12)16;/h4-7H,3,8-11H2,1-2H3,(H2,17,18,19);1H. The topological polar surface area (TPSA) is 36.4 Å². The van der Waals surface area contributed by atoms with Crippen LogP contribution in [-0.4, -0.2) is 26.1 Å². The molecule has 1 aromatic carbocycles. The van der Waals surface area contributed by atoms with Gasteiger partial charge in [-0.2, -0.15) is 0 Å². The summed E-state index contributed by atoms with van der Waals surface area (Å²) < 4.78 is 13.9. The summed E-state index contributed by atoms with van der Waals surface area (Å²) in [5.41, 5.74) is 0.781. The van der Waals surface area contributed by atoms with Gasteiger partial charge in [-0.15, -0.1) is 24.0 Å². The van der Waals surface area contributed by atoms with E-state index < -0.39 is 0 Å². The maximum absolute atomic E-state index is 13.9. The predicted molar refractivity (Wildman–Crippen MR) is 92.4 cm³/mol. The molecule has 1 aromatic rings. The van der Waals surface area contributed by atoms with E-state index in [1.54, 1.807) is 19.2 Å². The predicted octanol–water partition coefficient (Wildman–Crippen LogP) is 3.05. The minimum atomic E-state index is -0.0988. The lowest BCUT2D eigenvalue weighted by atomic mass is 9.95. The first kappa shape index (κ1) is 17.2. The van der Waals surface area contributed by atoms with Crippen LogP contribution < -0.4 is 10.6 Å². The molecule has 2 rings (SSSR count). The van der Waals surface area contributed by atoms with Crippen LogP contribution in [0.2, 0.25) is 0 Å². The average Bonchev–Trinajstić information content (AvgIpc) is 3.20. The van der Waals surface area contributed by atoms with Gasteiger partial charge in [-0.05, 0) is 30.9 Å². The minimum absolute atomic E-state index is 0. The van der Waals surface area contributed by atoms with Gasteiger partial charge in [0.1, 0.15) is 5.82 Å². The molecule has 3 nitrogen and oxygen atoms in total. The second-order valence-corrected chi connectivity index (χ2v) is 5.11. The molecule has 1 fully saturated rings. The summed E-state index contributed by atoms with van der Waals surface area (Å²) in [6.07, 6.45) is 3.12. The number of aliphatic imine (C=N–C) groups is 1. The molecule has 0 aliphatic heterocycles. The molecule has 0 saturated heterocycles. The maximum atomic E-state index is 13.9. The van der Waals surface area contributed by atoms with Gasteiger partial charge >= 0.3 is 0 Å². The second kappa shape index (κ2) is 7.81. The molecule has 0 unspecified atom stereocenters. The Labute approximate surface area is 137 Å². The van der Waals surface area contributed by atoms with E-state index in [9.17, 15) is 4.39 Å². The Morgan fingerprint density at radius 1 is 1.30 bits per heavy atom. The van der Waals surface area contributed by atoms with Crippen molar-refractivity contribution < 1.29 is 4.39 Å². The van der Waals surface area contributed by atoms with Crippen LogP contribution in [0.15, 0.2) is 29.3 Å². The Kier molecular flexibility index (Phi) is 6.71. The normalized spacial score (nSPS) is 16.2. The highest BCUT2D eigenvalue weighted by Crippen LogP contribution is 2.48. The van der Waals surface area contributed by atoms with Gasteiger partial charge in [0.15, 0.2) is 5.96 Å². The fourth-order valence-electron chi connectivity index (χ4n) is 2.30. The van der Waals surface area contributed by atoms with E-state index in [0.29, 0.717) is 0 Å². The SMILES string of the molecule is CCCNC(=NC)NCC1(c2ccccc2F)CC1.I. The zero-order chi connectivity index (χ0) is 13.7. The van der Waals surface area contributed by atoms with Gasteiger partial charge in [0, 0.05) is 25.6 Å². The quantitative estimate of drug-likeness (QED) is 0.460. The van der Waals surface area contributed by atoms with Gasteiger partial charge in [-0.3, -0.25) is 4.99 Å². The van der Waals surface area contributed by atoms with Gasteiger partial charge < -0.3 is 10.6 Å². The van der Waals surface area contributed by atoms with Crippen molar-refractivity contribution in [1.29, 1.82) is 0 Å². The van der Waals surface area contributed by atoms with Crippen molar-refractivity contribution in [3.63, 3.8) is 0 Å². The van der Waals surface area contributed by atoms with Gasteiger partial charge in [0.25, 0.3) is 0 Å². The molecule has 0 bridgehead atoms. The highest BCUT2D eigenvalue weighted by atomic mass is 127. The zero-order valence-corrected chi connectivity index (χ0v) is 14.4. The van der Waals surface area contributed by atoms with Crippen molar-refractivity contribution in [2.45, 2.75) is 31.6 Å². The van der Waals surface area contributed by atoms with Gasteiger partial charge in [-0.1, -0.05) is 25.1 Å². The molecule has 0 aromatic heterocycles. The van der Waals surface area contributed by atoms with Crippen LogP contribution in [0.1, 0.15) is 31.7 Å². The Balaban J connectivity index is 0.00000200. The summed E-state index contributed by atoms with van der Waals surface area (Å²) >= 11 is 0. The lowest BCUT2D eigenvalue weighted by Crippen LogP contribution is -2.41. The van der Waals surface area contributed by atoms with Gasteiger partial charge in [-0.25, -0.2) is 4.39 Å². The number of hydrogen-bond donors (Lipinski definition) is 2. The molecule has 0 atom stereocenters. The lowest BCUT2D eigenvalue weighted by molar-refractivity contribution is 0.559. The summed E-state index contributed by atoms with van der Waals surface area (Å²) in [7, 11) is 1.76. The number of hydrogen-bond acceptors (Lipinski definition) is 1. The second-order valence-electron chi connectivity index (χ2n) is 5.11. The number of benzene rings is 1. The first-order valence-corrected chi connectivity index (χ1v) is 6.91. The monoisotopic (exact) mass is 391 g/mol. The van der Waals surface area contributed by atoms with Crippen LogP contribution in [0, 0.1) is 5.82 Å². The van der Waals surface area contributed by atoms with Crippen LogP contribution >= 0.6 is 24.0 Å². The first-order chi connectivity index (χ1) is 9.22. The molecule has 20 heavy (non-hydrogen) atoms. The molecule has 1 aliphatic carbocycles. The van der Waals surface area contributed by atoms with E-state index in [0.717, 1.165) is 43.9 Å². The molecule has 0 amide bonds. The maximum Gasteiger partial charge on any atom is 0.191 e. The molecule has 0 spiro atoms. The summed E-state index contributed by atoms with van der Waals surface area (Å²) in [6.45, 7) is 3.74. The average molecular weight is 391 g/mol. The Morgan fingerprint density at radius 3 is 2.55 bits per heavy atom. The zero-order valence-electron chi connectivity index (χ0n) is 12.1. The van der Waals surface area contributed by atoms with Crippen molar-refractivity contribution in [2.24, 2.45) is 4.99 Å².